The third-order valence-electron chi connectivity index (χ3n) is 8.23. The fourth-order valence-electron chi connectivity index (χ4n) is 5.29. The number of nitrogens with one attached hydrogen (secondary N) is 2. The van der Waals surface area contributed by atoms with Crippen LogP contribution in [0.15, 0.2) is 30.3 Å². The Labute approximate surface area is 292 Å². The van der Waals surface area contributed by atoms with Crippen LogP contribution >= 0.6 is 0 Å². The molecule has 0 fully saturated rings. The lowest BCUT2D eigenvalue weighted by Crippen LogP contribution is -2.48. The first-order valence-electron chi connectivity index (χ1n) is 19.1. The number of carbonyl (C=O) groups is 3. The van der Waals surface area contributed by atoms with Crippen molar-refractivity contribution in [2.45, 2.75) is 148 Å². The summed E-state index contributed by atoms with van der Waals surface area (Å²) in [4.78, 5) is 38.0. The van der Waals surface area contributed by atoms with E-state index in [1.807, 2.05) is 30.3 Å². The Hall–Kier alpha value is -2.49. The zero-order valence-electron chi connectivity index (χ0n) is 30.4. The average molecular weight is 677 g/mol. The number of ether oxygens (including phenoxy) is 4. The van der Waals surface area contributed by atoms with Gasteiger partial charge < -0.3 is 29.6 Å². The number of benzene rings is 1. The fourth-order valence-corrected chi connectivity index (χ4v) is 5.29. The van der Waals surface area contributed by atoms with Gasteiger partial charge in [-0.05, 0) is 24.8 Å². The van der Waals surface area contributed by atoms with Crippen LogP contribution in [0.2, 0.25) is 0 Å². The molecule has 1 aromatic rings. The van der Waals surface area contributed by atoms with Gasteiger partial charge in [-0.25, -0.2) is 0 Å². The molecule has 0 heterocycles. The molecule has 2 N–H and O–H groups in total. The second-order valence-corrected chi connectivity index (χ2v) is 12.7. The lowest BCUT2D eigenvalue weighted by molar-refractivity contribution is -0.145. The Morgan fingerprint density at radius 3 is 1.75 bits per heavy atom. The SMILES string of the molecule is CCCCCCCCCCCCCCNC(=O)C(CCC(=O)OCc1ccccc1)NC(=O)COCCOCCOCCCCCCC. The van der Waals surface area contributed by atoms with Gasteiger partial charge in [0.05, 0.1) is 26.4 Å². The zero-order valence-corrected chi connectivity index (χ0v) is 30.4. The van der Waals surface area contributed by atoms with Gasteiger partial charge in [0, 0.05) is 19.6 Å². The molecule has 2 amide bonds. The molecule has 0 spiro atoms. The number of hydrogen-bond acceptors (Lipinski definition) is 7. The van der Waals surface area contributed by atoms with E-state index < -0.39 is 17.9 Å². The quantitative estimate of drug-likeness (QED) is 0.0565. The number of carbonyl (C=O) groups excluding carboxylic acids is 3. The van der Waals surface area contributed by atoms with Crippen LogP contribution in [0.5, 0.6) is 0 Å². The minimum absolute atomic E-state index is 0.0132. The van der Waals surface area contributed by atoms with E-state index >= 15 is 0 Å². The topological polar surface area (TPSA) is 112 Å². The molecule has 1 rings (SSSR count). The van der Waals surface area contributed by atoms with Gasteiger partial charge in [-0.3, -0.25) is 14.4 Å². The molecule has 0 aliphatic heterocycles. The second kappa shape index (κ2) is 33.0. The van der Waals surface area contributed by atoms with E-state index in [2.05, 4.69) is 24.5 Å². The van der Waals surface area contributed by atoms with Gasteiger partial charge in [-0.2, -0.15) is 0 Å². The molecule has 0 saturated carbocycles. The molecular formula is C39H68N2O7. The van der Waals surface area contributed by atoms with E-state index in [-0.39, 0.29) is 38.6 Å². The normalized spacial score (nSPS) is 11.7. The van der Waals surface area contributed by atoms with Crippen LogP contribution in [0.4, 0.5) is 0 Å². The maximum atomic E-state index is 13.0. The Morgan fingerprint density at radius 2 is 1.15 bits per heavy atom. The van der Waals surface area contributed by atoms with Gasteiger partial charge >= 0.3 is 5.97 Å². The number of esters is 1. The van der Waals surface area contributed by atoms with Gasteiger partial charge in [0.1, 0.15) is 19.3 Å². The minimum Gasteiger partial charge on any atom is -0.461 e. The Kier molecular flexibility index (Phi) is 30.0. The lowest BCUT2D eigenvalue weighted by atomic mass is 10.1. The van der Waals surface area contributed by atoms with Crippen molar-refractivity contribution in [3.63, 3.8) is 0 Å². The molecule has 276 valence electrons. The van der Waals surface area contributed by atoms with Crippen LogP contribution in [0.25, 0.3) is 0 Å². The summed E-state index contributed by atoms with van der Waals surface area (Å²) in [7, 11) is 0. The summed E-state index contributed by atoms with van der Waals surface area (Å²) in [5.41, 5.74) is 0.891. The van der Waals surface area contributed by atoms with Crippen molar-refractivity contribution in [3.05, 3.63) is 35.9 Å². The fraction of sp³-hybridized carbons (Fsp3) is 0.769. The molecule has 9 nitrogen and oxygen atoms in total. The number of unbranched alkanes of at least 4 members (excludes halogenated alkanes) is 15. The minimum atomic E-state index is -0.849. The maximum Gasteiger partial charge on any atom is 0.306 e. The molecule has 1 atom stereocenters. The van der Waals surface area contributed by atoms with E-state index in [4.69, 9.17) is 18.9 Å². The Bertz CT molecular complexity index is 900. The average Bonchev–Trinajstić information content (AvgIpc) is 3.10. The monoisotopic (exact) mass is 677 g/mol. The predicted molar refractivity (Wildman–Crippen MR) is 193 cm³/mol. The summed E-state index contributed by atoms with van der Waals surface area (Å²) in [5.74, 6) is -1.12. The van der Waals surface area contributed by atoms with Crippen LogP contribution in [0.3, 0.4) is 0 Å². The highest BCUT2D eigenvalue weighted by molar-refractivity contribution is 5.88. The smallest absolute Gasteiger partial charge is 0.306 e. The third-order valence-corrected chi connectivity index (χ3v) is 8.23. The Balaban J connectivity index is 2.29. The standard InChI is InChI=1S/C39H68N2O7/c1-3-5-7-9-10-11-12-13-14-15-16-21-27-40-39(44)36(25-26-38(43)48-33-35-23-19-18-20-24-35)41-37(42)34-47-32-31-46-30-29-45-28-22-17-8-6-4-2/h18-20,23-24,36H,3-17,21-22,25-34H2,1-2H3,(H,40,44)(H,41,42). The first-order chi connectivity index (χ1) is 23.6. The molecule has 48 heavy (non-hydrogen) atoms. The highest BCUT2D eigenvalue weighted by Gasteiger charge is 2.22. The van der Waals surface area contributed by atoms with Crippen molar-refractivity contribution < 1.29 is 33.3 Å². The van der Waals surface area contributed by atoms with Crippen LogP contribution in [0.1, 0.15) is 141 Å². The highest BCUT2D eigenvalue weighted by Crippen LogP contribution is 2.12. The summed E-state index contributed by atoms with van der Waals surface area (Å²) in [5, 5.41) is 5.69. The van der Waals surface area contributed by atoms with Gasteiger partial charge in [-0.15, -0.1) is 0 Å². The largest absolute Gasteiger partial charge is 0.461 e. The first kappa shape index (κ1) is 43.5. The van der Waals surface area contributed by atoms with Gasteiger partial charge in [-0.1, -0.05) is 140 Å². The molecule has 0 aliphatic rings. The molecule has 1 unspecified atom stereocenters. The highest BCUT2D eigenvalue weighted by atomic mass is 16.5. The molecular weight excluding hydrogens is 608 g/mol. The third kappa shape index (κ3) is 27.5. The van der Waals surface area contributed by atoms with Gasteiger partial charge in [0.25, 0.3) is 0 Å². The molecule has 0 saturated heterocycles. The number of amides is 2. The van der Waals surface area contributed by atoms with Crippen LogP contribution in [-0.2, 0) is 39.9 Å². The first-order valence-corrected chi connectivity index (χ1v) is 19.1. The lowest BCUT2D eigenvalue weighted by Gasteiger charge is -2.18. The summed E-state index contributed by atoms with van der Waals surface area (Å²) >= 11 is 0. The van der Waals surface area contributed by atoms with Crippen molar-refractivity contribution in [1.82, 2.24) is 10.6 Å². The van der Waals surface area contributed by atoms with Crippen molar-refractivity contribution in [2.24, 2.45) is 0 Å². The molecule has 0 radical (unpaired) electrons. The van der Waals surface area contributed by atoms with Crippen LogP contribution in [0, 0.1) is 0 Å². The molecule has 1 aromatic carbocycles. The van der Waals surface area contributed by atoms with Crippen LogP contribution in [-0.4, -0.2) is 70.0 Å². The van der Waals surface area contributed by atoms with E-state index in [9.17, 15) is 14.4 Å². The van der Waals surface area contributed by atoms with E-state index in [1.165, 1.54) is 83.5 Å². The van der Waals surface area contributed by atoms with Crippen molar-refractivity contribution in [3.8, 4) is 0 Å². The maximum absolute atomic E-state index is 13.0. The number of rotatable bonds is 34. The van der Waals surface area contributed by atoms with Gasteiger partial charge in [0.15, 0.2) is 0 Å². The van der Waals surface area contributed by atoms with Crippen LogP contribution < -0.4 is 10.6 Å². The van der Waals surface area contributed by atoms with Gasteiger partial charge in [0.2, 0.25) is 11.8 Å². The van der Waals surface area contributed by atoms with E-state index in [1.54, 1.807) is 0 Å². The van der Waals surface area contributed by atoms with Crippen molar-refractivity contribution in [2.75, 3.05) is 46.2 Å². The summed E-state index contributed by atoms with van der Waals surface area (Å²) in [6.45, 7) is 7.34. The zero-order chi connectivity index (χ0) is 34.8. The second-order valence-electron chi connectivity index (χ2n) is 12.7. The summed E-state index contributed by atoms with van der Waals surface area (Å²) < 4.78 is 21.9. The Morgan fingerprint density at radius 1 is 0.625 bits per heavy atom. The molecule has 9 heteroatoms. The summed E-state index contributed by atoms with van der Waals surface area (Å²) in [6.07, 6.45) is 21.2. The van der Waals surface area contributed by atoms with Crippen molar-refractivity contribution >= 4 is 17.8 Å². The molecule has 0 aliphatic carbocycles. The summed E-state index contributed by atoms with van der Waals surface area (Å²) in [6, 6.07) is 8.59. The predicted octanol–water partition coefficient (Wildman–Crippen LogP) is 7.83. The molecule has 0 bridgehead atoms. The van der Waals surface area contributed by atoms with E-state index in [0.29, 0.717) is 26.4 Å². The van der Waals surface area contributed by atoms with Crippen molar-refractivity contribution in [1.29, 1.82) is 0 Å². The van der Waals surface area contributed by atoms with E-state index in [0.717, 1.165) is 37.9 Å². The number of hydrogen-bond donors (Lipinski definition) is 2. The molecule has 0 aromatic heterocycles.